The molecule has 4 rings (SSSR count). The van der Waals surface area contributed by atoms with Crippen LogP contribution < -0.4 is 0 Å². The Balaban J connectivity index is 1.51. The molecule has 6 heteroatoms. The molecule has 1 saturated heterocycles. The second kappa shape index (κ2) is 6.48. The highest BCUT2D eigenvalue weighted by atomic mass is 35.5. The van der Waals surface area contributed by atoms with Gasteiger partial charge in [-0.1, -0.05) is 17.7 Å². The molecule has 0 unspecified atom stereocenters. The Kier molecular flexibility index (Phi) is 4.17. The molecule has 1 aliphatic heterocycles. The number of piperidine rings is 1. The zero-order valence-electron chi connectivity index (χ0n) is 13.5. The maximum absolute atomic E-state index is 14.0. The Labute approximate surface area is 149 Å². The fourth-order valence-electron chi connectivity index (χ4n) is 3.54. The van der Waals surface area contributed by atoms with Crippen LogP contribution in [-0.4, -0.2) is 33.9 Å². The van der Waals surface area contributed by atoms with Gasteiger partial charge in [0.05, 0.1) is 21.6 Å². The summed E-state index contributed by atoms with van der Waals surface area (Å²) < 4.78 is 14.0. The topological polar surface area (TPSA) is 49.0 Å². The summed E-state index contributed by atoms with van der Waals surface area (Å²) in [6.07, 6.45) is 5.44. The molecule has 0 saturated carbocycles. The lowest BCUT2D eigenvalue weighted by Crippen LogP contribution is -2.38. The Morgan fingerprint density at radius 1 is 1.24 bits per heavy atom. The van der Waals surface area contributed by atoms with Gasteiger partial charge < -0.3 is 9.88 Å². The number of nitrogens with one attached hydrogen (secondary N) is 1. The molecule has 128 valence electrons. The number of carbonyl (C=O) groups is 1. The predicted octanol–water partition coefficient (Wildman–Crippen LogP) is 4.38. The summed E-state index contributed by atoms with van der Waals surface area (Å²) in [5.74, 6) is -0.567. The normalized spacial score (nSPS) is 15.7. The third-order valence-corrected chi connectivity index (χ3v) is 5.18. The van der Waals surface area contributed by atoms with Crippen LogP contribution in [0.15, 0.2) is 42.7 Å². The molecule has 1 amide bonds. The van der Waals surface area contributed by atoms with Crippen LogP contribution in [0.1, 0.15) is 34.7 Å². The molecule has 1 aliphatic rings. The minimum atomic E-state index is -0.569. The number of pyridine rings is 1. The van der Waals surface area contributed by atoms with Crippen LogP contribution in [0.4, 0.5) is 4.39 Å². The molecular weight excluding hydrogens is 341 g/mol. The van der Waals surface area contributed by atoms with Gasteiger partial charge in [0, 0.05) is 25.5 Å². The van der Waals surface area contributed by atoms with Crippen molar-refractivity contribution in [3.63, 3.8) is 0 Å². The summed E-state index contributed by atoms with van der Waals surface area (Å²) in [5, 5.41) is 0.160. The second-order valence-electron chi connectivity index (χ2n) is 6.31. The van der Waals surface area contributed by atoms with Gasteiger partial charge in [-0.3, -0.25) is 9.78 Å². The van der Waals surface area contributed by atoms with E-state index in [1.165, 1.54) is 17.7 Å². The number of benzene rings is 1. The molecule has 0 atom stereocenters. The molecule has 0 spiro atoms. The van der Waals surface area contributed by atoms with Crippen molar-refractivity contribution in [2.24, 2.45) is 0 Å². The number of aromatic amines is 1. The molecule has 3 aromatic rings. The average Bonchev–Trinajstić information content (AvgIpc) is 3.06. The number of halogens is 2. The van der Waals surface area contributed by atoms with E-state index in [9.17, 15) is 9.18 Å². The molecule has 3 heterocycles. The van der Waals surface area contributed by atoms with Gasteiger partial charge in [-0.25, -0.2) is 4.39 Å². The number of aromatic nitrogens is 2. The summed E-state index contributed by atoms with van der Waals surface area (Å²) >= 11 is 6.02. The van der Waals surface area contributed by atoms with E-state index in [-0.39, 0.29) is 16.5 Å². The van der Waals surface area contributed by atoms with Crippen LogP contribution >= 0.6 is 11.6 Å². The van der Waals surface area contributed by atoms with Gasteiger partial charge in [0.2, 0.25) is 0 Å². The minimum Gasteiger partial charge on any atom is -0.360 e. The lowest BCUT2D eigenvalue weighted by Gasteiger charge is -2.32. The van der Waals surface area contributed by atoms with Gasteiger partial charge in [-0.2, -0.15) is 0 Å². The molecular formula is C19H17ClFN3O. The van der Waals surface area contributed by atoms with Crippen LogP contribution in [0.25, 0.3) is 11.0 Å². The lowest BCUT2D eigenvalue weighted by molar-refractivity contribution is 0.0709. The van der Waals surface area contributed by atoms with Crippen LogP contribution in [0, 0.1) is 5.82 Å². The maximum atomic E-state index is 14.0. The van der Waals surface area contributed by atoms with E-state index in [1.54, 1.807) is 17.2 Å². The van der Waals surface area contributed by atoms with Gasteiger partial charge in [-0.05, 0) is 48.6 Å². The number of nitrogens with zero attached hydrogens (tertiary/aromatic N) is 2. The first-order chi connectivity index (χ1) is 12.1. The Morgan fingerprint density at radius 3 is 2.80 bits per heavy atom. The quantitative estimate of drug-likeness (QED) is 0.740. The van der Waals surface area contributed by atoms with E-state index in [1.807, 2.05) is 18.3 Å². The first-order valence-electron chi connectivity index (χ1n) is 8.30. The van der Waals surface area contributed by atoms with E-state index >= 15 is 0 Å². The van der Waals surface area contributed by atoms with E-state index < -0.39 is 5.82 Å². The highest BCUT2D eigenvalue weighted by molar-refractivity contribution is 6.33. The number of carbonyl (C=O) groups excluding carboxylic acids is 1. The summed E-state index contributed by atoms with van der Waals surface area (Å²) in [4.78, 5) is 22.0. The molecule has 1 aromatic carbocycles. The maximum Gasteiger partial charge on any atom is 0.258 e. The molecule has 0 aliphatic carbocycles. The van der Waals surface area contributed by atoms with Crippen molar-refractivity contribution in [2.45, 2.75) is 18.8 Å². The zero-order chi connectivity index (χ0) is 17.4. The number of likely N-dealkylation sites (tertiary alicyclic amines) is 1. The number of amides is 1. The van der Waals surface area contributed by atoms with Crippen molar-refractivity contribution in [3.8, 4) is 0 Å². The number of hydrogen-bond donors (Lipinski definition) is 1. The highest BCUT2D eigenvalue weighted by Gasteiger charge is 2.28. The van der Waals surface area contributed by atoms with Crippen LogP contribution in [0.3, 0.4) is 0 Å². The average molecular weight is 358 g/mol. The Bertz CT molecular complexity index is 911. The van der Waals surface area contributed by atoms with Gasteiger partial charge in [0.1, 0.15) is 5.82 Å². The fourth-order valence-corrected chi connectivity index (χ4v) is 3.78. The molecule has 1 fully saturated rings. The second-order valence-corrected chi connectivity index (χ2v) is 6.71. The van der Waals surface area contributed by atoms with E-state index in [0.29, 0.717) is 19.0 Å². The molecule has 25 heavy (non-hydrogen) atoms. The smallest absolute Gasteiger partial charge is 0.258 e. The number of H-pyrrole nitrogens is 1. The zero-order valence-corrected chi connectivity index (χ0v) is 14.3. The standard InChI is InChI=1S/C19H17ClFN3O/c20-14-3-1-4-15(21)17(14)19(25)24-9-6-12(7-10-24)13-11-23-16-5-2-8-22-18(13)16/h1-5,8,11-12,23H,6-7,9-10H2. The first-order valence-corrected chi connectivity index (χ1v) is 8.68. The summed E-state index contributed by atoms with van der Waals surface area (Å²) in [6.45, 7) is 1.15. The van der Waals surface area contributed by atoms with Crippen LogP contribution in [0.2, 0.25) is 5.02 Å². The molecule has 2 aromatic heterocycles. The SMILES string of the molecule is O=C(c1c(F)cccc1Cl)N1CCC(c2c[nH]c3cccnc23)CC1. The third kappa shape index (κ3) is 2.89. The summed E-state index contributed by atoms with van der Waals surface area (Å²) in [6, 6.07) is 8.23. The van der Waals surface area contributed by atoms with E-state index in [2.05, 4.69) is 9.97 Å². The first kappa shape index (κ1) is 16.1. The fraction of sp³-hybridized carbons (Fsp3) is 0.263. The van der Waals surface area contributed by atoms with Gasteiger partial charge >= 0.3 is 0 Å². The lowest BCUT2D eigenvalue weighted by atomic mass is 9.90. The Hall–Kier alpha value is -2.40. The monoisotopic (exact) mass is 357 g/mol. The largest absolute Gasteiger partial charge is 0.360 e. The van der Waals surface area contributed by atoms with Crippen molar-refractivity contribution in [1.82, 2.24) is 14.9 Å². The molecule has 0 radical (unpaired) electrons. The van der Waals surface area contributed by atoms with Crippen molar-refractivity contribution in [3.05, 3.63) is 64.7 Å². The number of rotatable bonds is 2. The third-order valence-electron chi connectivity index (χ3n) is 4.86. The van der Waals surface area contributed by atoms with Gasteiger partial charge in [0.25, 0.3) is 5.91 Å². The summed E-state index contributed by atoms with van der Waals surface area (Å²) in [5.41, 5.74) is 3.17. The molecule has 4 nitrogen and oxygen atoms in total. The number of fused-ring (bicyclic) bond motifs is 1. The van der Waals surface area contributed by atoms with E-state index in [0.717, 1.165) is 23.9 Å². The van der Waals surface area contributed by atoms with Crippen molar-refractivity contribution in [2.75, 3.05) is 13.1 Å². The molecule has 0 bridgehead atoms. The van der Waals surface area contributed by atoms with E-state index in [4.69, 9.17) is 11.6 Å². The van der Waals surface area contributed by atoms with Gasteiger partial charge in [-0.15, -0.1) is 0 Å². The Morgan fingerprint density at radius 2 is 2.04 bits per heavy atom. The number of hydrogen-bond acceptors (Lipinski definition) is 2. The predicted molar refractivity (Wildman–Crippen MR) is 95.4 cm³/mol. The van der Waals surface area contributed by atoms with Crippen molar-refractivity contribution in [1.29, 1.82) is 0 Å². The highest BCUT2D eigenvalue weighted by Crippen LogP contribution is 2.33. The van der Waals surface area contributed by atoms with Crippen LogP contribution in [0.5, 0.6) is 0 Å². The summed E-state index contributed by atoms with van der Waals surface area (Å²) in [7, 11) is 0. The van der Waals surface area contributed by atoms with Gasteiger partial charge in [0.15, 0.2) is 0 Å². The van der Waals surface area contributed by atoms with Crippen molar-refractivity contribution >= 4 is 28.5 Å². The molecule has 1 N–H and O–H groups in total. The minimum absolute atomic E-state index is 0.0311. The van der Waals surface area contributed by atoms with Crippen LogP contribution in [-0.2, 0) is 0 Å². The van der Waals surface area contributed by atoms with Crippen molar-refractivity contribution < 1.29 is 9.18 Å².